The number of nitriles is 1. The van der Waals surface area contributed by atoms with Crippen molar-refractivity contribution in [1.82, 2.24) is 4.98 Å². The number of rotatable bonds is 3. The van der Waals surface area contributed by atoms with E-state index in [1.807, 2.05) is 0 Å². The number of hydrogen-bond acceptors (Lipinski definition) is 4. The van der Waals surface area contributed by atoms with E-state index in [1.54, 1.807) is 26.1 Å². The molecular weight excluding hydrogens is 252 g/mol. The molecule has 1 aromatic heterocycles. The highest BCUT2D eigenvalue weighted by atomic mass is 35.5. The average Bonchev–Trinajstić information content (AvgIpc) is 3.08. The summed E-state index contributed by atoms with van der Waals surface area (Å²) in [7, 11) is 0. The minimum Gasteiger partial charge on any atom is -0.458 e. The summed E-state index contributed by atoms with van der Waals surface area (Å²) >= 11 is 6.03. The van der Waals surface area contributed by atoms with Crippen LogP contribution in [0.25, 0.3) is 0 Å². The maximum atomic E-state index is 11.7. The van der Waals surface area contributed by atoms with Gasteiger partial charge in [0.1, 0.15) is 0 Å². The Bertz CT molecular complexity index is 530. The van der Waals surface area contributed by atoms with Crippen LogP contribution in [0.4, 0.5) is 0 Å². The third-order valence-corrected chi connectivity index (χ3v) is 3.18. The molecule has 2 rings (SSSR count). The summed E-state index contributed by atoms with van der Waals surface area (Å²) in [4.78, 5) is 15.7. The molecule has 0 amide bonds. The van der Waals surface area contributed by atoms with Crippen molar-refractivity contribution in [2.45, 2.75) is 38.2 Å². The van der Waals surface area contributed by atoms with Crippen LogP contribution in [0, 0.1) is 11.3 Å². The van der Waals surface area contributed by atoms with Gasteiger partial charge in [-0.1, -0.05) is 11.6 Å². The van der Waals surface area contributed by atoms with Gasteiger partial charge in [0.25, 0.3) is 0 Å². The third-order valence-electron chi connectivity index (χ3n) is 2.89. The monoisotopic (exact) mass is 264 g/mol. The van der Waals surface area contributed by atoms with Crippen molar-refractivity contribution in [3.05, 3.63) is 28.5 Å². The number of halogens is 1. The molecule has 1 aliphatic rings. The van der Waals surface area contributed by atoms with Crippen LogP contribution in [0.2, 0.25) is 5.02 Å². The summed E-state index contributed by atoms with van der Waals surface area (Å²) in [6.07, 6.45) is 2.96. The van der Waals surface area contributed by atoms with E-state index in [0.29, 0.717) is 0 Å². The van der Waals surface area contributed by atoms with Crippen LogP contribution >= 0.6 is 11.6 Å². The Morgan fingerprint density at radius 2 is 2.28 bits per heavy atom. The molecule has 94 valence electrons. The average molecular weight is 265 g/mol. The highest BCUT2D eigenvalue weighted by molar-refractivity contribution is 6.33. The first-order valence-electron chi connectivity index (χ1n) is 5.77. The molecule has 0 radical (unpaired) electrons. The highest BCUT2D eigenvalue weighted by Gasteiger charge is 2.45. The molecule has 1 heterocycles. The van der Waals surface area contributed by atoms with Crippen LogP contribution in [0.1, 0.15) is 42.7 Å². The largest absolute Gasteiger partial charge is 0.458 e. The van der Waals surface area contributed by atoms with Crippen molar-refractivity contribution in [2.24, 2.45) is 0 Å². The van der Waals surface area contributed by atoms with E-state index < -0.39 is 11.4 Å². The fourth-order valence-corrected chi connectivity index (χ4v) is 1.95. The lowest BCUT2D eigenvalue weighted by Gasteiger charge is -2.10. The topological polar surface area (TPSA) is 63.0 Å². The van der Waals surface area contributed by atoms with E-state index in [4.69, 9.17) is 21.6 Å². The van der Waals surface area contributed by atoms with Crippen molar-refractivity contribution in [3.63, 3.8) is 0 Å². The summed E-state index contributed by atoms with van der Waals surface area (Å²) in [5.74, 6) is -0.539. The van der Waals surface area contributed by atoms with Gasteiger partial charge in [0.2, 0.25) is 0 Å². The fraction of sp³-hybridized carbons (Fsp3) is 0.462. The number of nitrogens with zero attached hydrogens (tertiary/aromatic N) is 2. The Hall–Kier alpha value is -1.60. The van der Waals surface area contributed by atoms with E-state index in [1.165, 1.54) is 0 Å². The molecule has 5 heteroatoms. The maximum absolute atomic E-state index is 11.7. The van der Waals surface area contributed by atoms with Crippen LogP contribution in [0.3, 0.4) is 0 Å². The number of pyridine rings is 1. The predicted octanol–water partition coefficient (Wildman–Crippen LogP) is 2.86. The van der Waals surface area contributed by atoms with E-state index >= 15 is 0 Å². The molecule has 0 bridgehead atoms. The van der Waals surface area contributed by atoms with Gasteiger partial charge in [-0.2, -0.15) is 5.26 Å². The standard InChI is InChI=1S/C13H13ClN2O2/c1-8(2)18-12(17)11-10(14)5-9(6-16-11)13(7-15)3-4-13/h5-6,8H,3-4H2,1-2H3. The fourth-order valence-electron chi connectivity index (χ4n) is 1.71. The normalized spacial score (nSPS) is 16.2. The smallest absolute Gasteiger partial charge is 0.358 e. The molecule has 0 atom stereocenters. The molecule has 0 aromatic carbocycles. The lowest BCUT2D eigenvalue weighted by atomic mass is 10.00. The first-order chi connectivity index (χ1) is 8.48. The van der Waals surface area contributed by atoms with E-state index in [0.717, 1.165) is 18.4 Å². The molecule has 4 nitrogen and oxygen atoms in total. The Kier molecular flexibility index (Phi) is 3.27. The minimum absolute atomic E-state index is 0.0999. The van der Waals surface area contributed by atoms with Crippen LogP contribution in [0.5, 0.6) is 0 Å². The Morgan fingerprint density at radius 3 is 2.72 bits per heavy atom. The predicted molar refractivity (Wildman–Crippen MR) is 66.3 cm³/mol. The van der Waals surface area contributed by atoms with Crippen LogP contribution in [0.15, 0.2) is 12.3 Å². The molecule has 0 unspecified atom stereocenters. The second-order valence-electron chi connectivity index (χ2n) is 4.70. The highest BCUT2D eigenvalue weighted by Crippen LogP contribution is 2.47. The number of aromatic nitrogens is 1. The maximum Gasteiger partial charge on any atom is 0.358 e. The van der Waals surface area contributed by atoms with Crippen molar-refractivity contribution in [1.29, 1.82) is 5.26 Å². The van der Waals surface area contributed by atoms with Gasteiger partial charge in [-0.15, -0.1) is 0 Å². The summed E-state index contributed by atoms with van der Waals surface area (Å²) in [6.45, 7) is 3.52. The van der Waals surface area contributed by atoms with Crippen molar-refractivity contribution >= 4 is 17.6 Å². The second-order valence-corrected chi connectivity index (χ2v) is 5.11. The summed E-state index contributed by atoms with van der Waals surface area (Å²) in [5.41, 5.74) is 0.427. The molecule has 0 N–H and O–H groups in total. The third kappa shape index (κ3) is 2.32. The van der Waals surface area contributed by atoms with E-state index in [-0.39, 0.29) is 16.8 Å². The minimum atomic E-state index is -0.539. The van der Waals surface area contributed by atoms with Crippen molar-refractivity contribution in [3.8, 4) is 6.07 Å². The van der Waals surface area contributed by atoms with Gasteiger partial charge in [-0.3, -0.25) is 0 Å². The summed E-state index contributed by atoms with van der Waals surface area (Å²) in [6, 6.07) is 3.90. The Balaban J connectivity index is 2.26. The van der Waals surface area contributed by atoms with Gasteiger partial charge in [-0.25, -0.2) is 9.78 Å². The molecule has 0 aliphatic heterocycles. The van der Waals surface area contributed by atoms with E-state index in [2.05, 4.69) is 11.1 Å². The Labute approximate surface area is 111 Å². The molecule has 1 fully saturated rings. The van der Waals surface area contributed by atoms with Crippen LogP contribution in [-0.2, 0) is 10.2 Å². The van der Waals surface area contributed by atoms with Gasteiger partial charge < -0.3 is 4.74 Å². The second kappa shape index (κ2) is 4.58. The molecule has 18 heavy (non-hydrogen) atoms. The number of carbonyl (C=O) groups is 1. The quantitative estimate of drug-likeness (QED) is 0.788. The van der Waals surface area contributed by atoms with Crippen LogP contribution < -0.4 is 0 Å². The van der Waals surface area contributed by atoms with Gasteiger partial charge in [-0.05, 0) is 38.3 Å². The number of carbonyl (C=O) groups excluding carboxylic acids is 1. The lowest BCUT2D eigenvalue weighted by Crippen LogP contribution is -2.14. The first kappa shape index (κ1) is 12.8. The van der Waals surface area contributed by atoms with E-state index in [9.17, 15) is 4.79 Å². The van der Waals surface area contributed by atoms with Gasteiger partial charge in [0.05, 0.1) is 22.6 Å². The SMILES string of the molecule is CC(C)OC(=O)c1ncc(C2(C#N)CC2)cc1Cl. The molecule has 1 aliphatic carbocycles. The van der Waals surface area contributed by atoms with Gasteiger partial charge in [0.15, 0.2) is 5.69 Å². The van der Waals surface area contributed by atoms with Crippen molar-refractivity contribution in [2.75, 3.05) is 0 Å². The van der Waals surface area contributed by atoms with Crippen LogP contribution in [-0.4, -0.2) is 17.1 Å². The number of hydrogen-bond donors (Lipinski definition) is 0. The summed E-state index contributed by atoms with van der Waals surface area (Å²) in [5, 5.41) is 9.32. The zero-order valence-electron chi connectivity index (χ0n) is 10.2. The Morgan fingerprint density at radius 1 is 1.61 bits per heavy atom. The van der Waals surface area contributed by atoms with Gasteiger partial charge in [0, 0.05) is 6.20 Å². The molecule has 1 saturated carbocycles. The molecule has 1 aromatic rings. The zero-order valence-corrected chi connectivity index (χ0v) is 11.0. The summed E-state index contributed by atoms with van der Waals surface area (Å²) < 4.78 is 5.03. The molecule has 0 saturated heterocycles. The number of esters is 1. The lowest BCUT2D eigenvalue weighted by molar-refractivity contribution is 0.0371. The molecule has 0 spiro atoms. The van der Waals surface area contributed by atoms with Gasteiger partial charge >= 0.3 is 5.97 Å². The first-order valence-corrected chi connectivity index (χ1v) is 6.14. The molecular formula is C13H13ClN2O2. The zero-order chi connectivity index (χ0) is 13.3. The van der Waals surface area contributed by atoms with Crippen molar-refractivity contribution < 1.29 is 9.53 Å². The number of ether oxygens (including phenoxy) is 1.